The number of aromatic nitrogens is 2. The topological polar surface area (TPSA) is 77.0 Å². The number of hydrogen-bond acceptors (Lipinski definition) is 5. The molecule has 0 saturated carbocycles. The molecule has 7 heteroatoms. The molecule has 0 unspecified atom stereocenters. The van der Waals surface area contributed by atoms with Crippen molar-refractivity contribution in [1.82, 2.24) is 10.2 Å². The van der Waals surface area contributed by atoms with Crippen molar-refractivity contribution >= 4 is 11.7 Å². The van der Waals surface area contributed by atoms with E-state index in [-0.39, 0.29) is 11.7 Å². The molecule has 0 aliphatic heterocycles. The molecule has 0 radical (unpaired) electrons. The number of nitrogens with zero attached hydrogens (tertiary/aromatic N) is 2. The van der Waals surface area contributed by atoms with Gasteiger partial charge >= 0.3 is 6.01 Å². The molecule has 0 saturated heterocycles. The van der Waals surface area contributed by atoms with Gasteiger partial charge in [0.05, 0.1) is 0 Å². The summed E-state index contributed by atoms with van der Waals surface area (Å²) in [5.74, 6) is -1.15. The van der Waals surface area contributed by atoms with Gasteiger partial charge in [-0.1, -0.05) is 11.2 Å². The van der Waals surface area contributed by atoms with Crippen LogP contribution in [0.25, 0.3) is 0 Å². The number of benzene rings is 1. The summed E-state index contributed by atoms with van der Waals surface area (Å²) in [4.78, 5) is 0. The third-order valence-corrected chi connectivity index (χ3v) is 2.02. The summed E-state index contributed by atoms with van der Waals surface area (Å²) in [5.41, 5.74) is 4.98. The molecule has 1 aromatic carbocycles. The van der Waals surface area contributed by atoms with Crippen LogP contribution in [-0.4, -0.2) is 16.7 Å². The van der Waals surface area contributed by atoms with E-state index >= 15 is 0 Å². The highest BCUT2D eigenvalue weighted by atomic mass is 19.1. The van der Waals surface area contributed by atoms with Crippen LogP contribution in [0.4, 0.5) is 20.5 Å². The van der Waals surface area contributed by atoms with E-state index in [0.29, 0.717) is 18.9 Å². The fourth-order valence-corrected chi connectivity index (χ4v) is 1.25. The van der Waals surface area contributed by atoms with Crippen LogP contribution < -0.4 is 11.1 Å². The number of halogens is 2. The van der Waals surface area contributed by atoms with E-state index in [4.69, 9.17) is 10.2 Å². The van der Waals surface area contributed by atoms with Crippen molar-refractivity contribution in [2.75, 3.05) is 11.9 Å². The van der Waals surface area contributed by atoms with Gasteiger partial charge in [-0.05, 0) is 12.1 Å². The van der Waals surface area contributed by atoms with Crippen LogP contribution in [0, 0.1) is 11.6 Å². The molecular weight excluding hydrogens is 230 g/mol. The average molecular weight is 240 g/mol. The van der Waals surface area contributed by atoms with Crippen LogP contribution in [0.5, 0.6) is 0 Å². The van der Waals surface area contributed by atoms with Gasteiger partial charge in [0.2, 0.25) is 5.89 Å². The van der Waals surface area contributed by atoms with Gasteiger partial charge in [0.15, 0.2) is 0 Å². The van der Waals surface area contributed by atoms with Crippen LogP contribution >= 0.6 is 0 Å². The van der Waals surface area contributed by atoms with E-state index in [1.165, 1.54) is 6.07 Å². The summed E-state index contributed by atoms with van der Waals surface area (Å²) in [6.07, 6.45) is 0.411. The third-order valence-electron chi connectivity index (χ3n) is 2.02. The summed E-state index contributed by atoms with van der Waals surface area (Å²) in [6, 6.07) is 3.45. The van der Waals surface area contributed by atoms with E-state index in [2.05, 4.69) is 15.5 Å². The maximum atomic E-state index is 13.3. The van der Waals surface area contributed by atoms with Crippen LogP contribution in [0.15, 0.2) is 22.6 Å². The Labute approximate surface area is 95.6 Å². The monoisotopic (exact) mass is 240 g/mol. The van der Waals surface area contributed by atoms with Crippen molar-refractivity contribution in [3.05, 3.63) is 35.7 Å². The zero-order chi connectivity index (χ0) is 12.3. The van der Waals surface area contributed by atoms with E-state index in [9.17, 15) is 8.78 Å². The average Bonchev–Trinajstić information content (AvgIpc) is 2.72. The molecule has 17 heavy (non-hydrogen) atoms. The quantitative estimate of drug-likeness (QED) is 0.848. The molecule has 2 aromatic rings. The SMILES string of the molecule is NCCc1nnc(Nc2c(F)cccc2F)o1. The highest BCUT2D eigenvalue weighted by molar-refractivity contribution is 5.53. The lowest BCUT2D eigenvalue weighted by Crippen LogP contribution is -2.02. The first-order chi connectivity index (χ1) is 8.20. The first-order valence-electron chi connectivity index (χ1n) is 4.94. The minimum absolute atomic E-state index is 0.0718. The minimum Gasteiger partial charge on any atom is -0.408 e. The van der Waals surface area contributed by atoms with Crippen LogP contribution in [0.3, 0.4) is 0 Å². The van der Waals surface area contributed by atoms with Crippen LogP contribution in [0.1, 0.15) is 5.89 Å². The Morgan fingerprint density at radius 3 is 2.59 bits per heavy atom. The van der Waals surface area contributed by atoms with Crippen molar-refractivity contribution in [3.63, 3.8) is 0 Å². The normalized spacial score (nSPS) is 10.5. The number of nitrogens with two attached hydrogens (primary N) is 1. The molecule has 0 fully saturated rings. The van der Waals surface area contributed by atoms with E-state index in [1.54, 1.807) is 0 Å². The second-order valence-electron chi connectivity index (χ2n) is 3.26. The lowest BCUT2D eigenvalue weighted by Gasteiger charge is -2.03. The fourth-order valence-electron chi connectivity index (χ4n) is 1.25. The number of para-hydroxylation sites is 1. The smallest absolute Gasteiger partial charge is 0.320 e. The highest BCUT2D eigenvalue weighted by Gasteiger charge is 2.12. The predicted molar refractivity (Wildman–Crippen MR) is 56.7 cm³/mol. The maximum absolute atomic E-state index is 13.3. The third kappa shape index (κ3) is 2.56. The molecule has 0 bridgehead atoms. The number of rotatable bonds is 4. The molecule has 90 valence electrons. The molecule has 5 nitrogen and oxygen atoms in total. The molecule has 0 aliphatic carbocycles. The van der Waals surface area contributed by atoms with Gasteiger partial charge in [-0.25, -0.2) is 8.78 Å². The summed E-state index contributed by atoms with van der Waals surface area (Å²) in [6.45, 7) is 0.357. The van der Waals surface area contributed by atoms with Gasteiger partial charge in [0.25, 0.3) is 0 Å². The lowest BCUT2D eigenvalue weighted by atomic mass is 10.3. The maximum Gasteiger partial charge on any atom is 0.320 e. The lowest BCUT2D eigenvalue weighted by molar-refractivity contribution is 0.507. The van der Waals surface area contributed by atoms with Crippen LogP contribution in [0.2, 0.25) is 0 Å². The molecule has 1 heterocycles. The Morgan fingerprint density at radius 1 is 1.24 bits per heavy atom. The highest BCUT2D eigenvalue weighted by Crippen LogP contribution is 2.22. The van der Waals surface area contributed by atoms with Gasteiger partial charge in [-0.3, -0.25) is 0 Å². The largest absolute Gasteiger partial charge is 0.408 e. The molecule has 0 atom stereocenters. The summed E-state index contributed by atoms with van der Waals surface area (Å²) >= 11 is 0. The van der Waals surface area contributed by atoms with Crippen molar-refractivity contribution in [1.29, 1.82) is 0 Å². The summed E-state index contributed by atoms with van der Waals surface area (Å²) in [7, 11) is 0. The van der Waals surface area contributed by atoms with Gasteiger partial charge in [-0.15, -0.1) is 5.10 Å². The molecule has 2 rings (SSSR count). The molecular formula is C10H10F2N4O. The van der Waals surface area contributed by atoms with Gasteiger partial charge in [0.1, 0.15) is 17.3 Å². The van der Waals surface area contributed by atoms with Gasteiger partial charge in [-0.2, -0.15) is 0 Å². The molecule has 1 aromatic heterocycles. The first-order valence-corrected chi connectivity index (χ1v) is 4.94. The number of nitrogens with one attached hydrogen (secondary N) is 1. The fraction of sp³-hybridized carbons (Fsp3) is 0.200. The van der Waals surface area contributed by atoms with E-state index < -0.39 is 11.6 Å². The Hall–Kier alpha value is -2.02. The Balaban J connectivity index is 2.19. The van der Waals surface area contributed by atoms with E-state index in [1.807, 2.05) is 0 Å². The summed E-state index contributed by atoms with van der Waals surface area (Å²) < 4.78 is 31.6. The Bertz CT molecular complexity index is 495. The zero-order valence-corrected chi connectivity index (χ0v) is 8.78. The van der Waals surface area contributed by atoms with Crippen molar-refractivity contribution in [3.8, 4) is 0 Å². The second kappa shape index (κ2) is 4.88. The van der Waals surface area contributed by atoms with Crippen molar-refractivity contribution in [2.24, 2.45) is 5.73 Å². The van der Waals surface area contributed by atoms with Crippen molar-refractivity contribution in [2.45, 2.75) is 6.42 Å². The van der Waals surface area contributed by atoms with Gasteiger partial charge < -0.3 is 15.5 Å². The Morgan fingerprint density at radius 2 is 1.94 bits per heavy atom. The van der Waals surface area contributed by atoms with Crippen LogP contribution in [-0.2, 0) is 6.42 Å². The second-order valence-corrected chi connectivity index (χ2v) is 3.26. The number of anilines is 2. The number of hydrogen-bond donors (Lipinski definition) is 2. The first kappa shape index (κ1) is 11.5. The molecule has 3 N–H and O–H groups in total. The van der Waals surface area contributed by atoms with Gasteiger partial charge in [0, 0.05) is 13.0 Å². The van der Waals surface area contributed by atoms with E-state index in [0.717, 1.165) is 12.1 Å². The molecule has 0 aliphatic rings. The molecule has 0 amide bonds. The predicted octanol–water partition coefficient (Wildman–Crippen LogP) is 1.59. The van der Waals surface area contributed by atoms with Crippen molar-refractivity contribution < 1.29 is 13.2 Å². The summed E-state index contributed by atoms with van der Waals surface area (Å²) in [5, 5.41) is 9.64. The molecule has 0 spiro atoms. The minimum atomic E-state index is -0.733. The Kier molecular flexibility index (Phi) is 3.29. The standard InChI is InChI=1S/C10H10F2N4O/c11-6-2-1-3-7(12)9(6)14-10-16-15-8(17-10)4-5-13/h1-3H,4-5,13H2,(H,14,16). The zero-order valence-electron chi connectivity index (χ0n) is 8.78.